The SMILES string of the molecule is CC[C@@H](C)NS(=O)(=O)c1ccc(NC(=O)c2ccc(OC(C)C)cc2)cc1. The lowest BCUT2D eigenvalue weighted by Gasteiger charge is -2.13. The second-order valence-corrected chi connectivity index (χ2v) is 8.31. The number of rotatable bonds is 8. The first kappa shape index (κ1) is 20.9. The topological polar surface area (TPSA) is 84.5 Å². The van der Waals surface area contributed by atoms with Gasteiger partial charge in [-0.15, -0.1) is 0 Å². The van der Waals surface area contributed by atoms with E-state index in [1.807, 2.05) is 27.7 Å². The quantitative estimate of drug-likeness (QED) is 0.718. The minimum atomic E-state index is -3.56. The minimum Gasteiger partial charge on any atom is -0.491 e. The van der Waals surface area contributed by atoms with Gasteiger partial charge in [0.05, 0.1) is 11.0 Å². The molecular weight excluding hydrogens is 364 g/mol. The highest BCUT2D eigenvalue weighted by Gasteiger charge is 2.16. The van der Waals surface area contributed by atoms with E-state index in [0.29, 0.717) is 23.4 Å². The van der Waals surface area contributed by atoms with Crippen molar-refractivity contribution < 1.29 is 17.9 Å². The highest BCUT2D eigenvalue weighted by atomic mass is 32.2. The first-order valence-corrected chi connectivity index (χ1v) is 10.4. The Morgan fingerprint density at radius 2 is 1.59 bits per heavy atom. The van der Waals surface area contributed by atoms with Crippen LogP contribution in [0.15, 0.2) is 53.4 Å². The molecule has 0 aliphatic rings. The maximum Gasteiger partial charge on any atom is 0.255 e. The van der Waals surface area contributed by atoms with Gasteiger partial charge in [-0.25, -0.2) is 13.1 Å². The smallest absolute Gasteiger partial charge is 0.255 e. The van der Waals surface area contributed by atoms with E-state index in [9.17, 15) is 13.2 Å². The summed E-state index contributed by atoms with van der Waals surface area (Å²) in [7, 11) is -3.56. The monoisotopic (exact) mass is 390 g/mol. The average Bonchev–Trinajstić information content (AvgIpc) is 2.61. The van der Waals surface area contributed by atoms with Crippen LogP contribution in [0.25, 0.3) is 0 Å². The van der Waals surface area contributed by atoms with Crippen LogP contribution < -0.4 is 14.8 Å². The molecule has 1 amide bonds. The van der Waals surface area contributed by atoms with E-state index in [1.165, 1.54) is 12.1 Å². The zero-order valence-electron chi connectivity index (χ0n) is 16.0. The van der Waals surface area contributed by atoms with E-state index in [0.717, 1.165) is 0 Å². The number of carbonyl (C=O) groups excluding carboxylic acids is 1. The Balaban J connectivity index is 2.04. The van der Waals surface area contributed by atoms with Crippen LogP contribution in [0.2, 0.25) is 0 Å². The van der Waals surface area contributed by atoms with Crippen LogP contribution in [-0.2, 0) is 10.0 Å². The Hall–Kier alpha value is -2.38. The van der Waals surface area contributed by atoms with Gasteiger partial charge < -0.3 is 10.1 Å². The Bertz CT molecular complexity index is 860. The molecule has 0 saturated heterocycles. The molecule has 0 unspecified atom stereocenters. The summed E-state index contributed by atoms with van der Waals surface area (Å²) in [4.78, 5) is 12.5. The summed E-state index contributed by atoms with van der Waals surface area (Å²) in [6.45, 7) is 7.59. The molecule has 0 aliphatic carbocycles. The summed E-state index contributed by atoms with van der Waals surface area (Å²) in [5, 5.41) is 2.75. The van der Waals surface area contributed by atoms with Crippen molar-refractivity contribution in [1.82, 2.24) is 4.72 Å². The van der Waals surface area contributed by atoms with Gasteiger partial charge in [0.2, 0.25) is 10.0 Å². The fourth-order valence-corrected chi connectivity index (χ4v) is 3.62. The number of benzene rings is 2. The van der Waals surface area contributed by atoms with Gasteiger partial charge in [-0.05, 0) is 75.7 Å². The van der Waals surface area contributed by atoms with Gasteiger partial charge in [0, 0.05) is 17.3 Å². The van der Waals surface area contributed by atoms with Gasteiger partial charge in [0.15, 0.2) is 0 Å². The third-order valence-corrected chi connectivity index (χ3v) is 5.48. The molecule has 1 atom stereocenters. The molecule has 6 nitrogen and oxygen atoms in total. The summed E-state index contributed by atoms with van der Waals surface area (Å²) < 4.78 is 32.7. The molecule has 0 heterocycles. The Morgan fingerprint density at radius 3 is 2.11 bits per heavy atom. The summed E-state index contributed by atoms with van der Waals surface area (Å²) in [5.41, 5.74) is 1.01. The molecule has 7 heteroatoms. The fourth-order valence-electron chi connectivity index (χ4n) is 2.29. The van der Waals surface area contributed by atoms with Crippen molar-refractivity contribution in [2.45, 2.75) is 51.2 Å². The van der Waals surface area contributed by atoms with Crippen LogP contribution >= 0.6 is 0 Å². The Morgan fingerprint density at radius 1 is 1.00 bits per heavy atom. The van der Waals surface area contributed by atoms with Gasteiger partial charge >= 0.3 is 0 Å². The fraction of sp³-hybridized carbons (Fsp3) is 0.350. The minimum absolute atomic E-state index is 0.0641. The Labute approximate surface area is 161 Å². The largest absolute Gasteiger partial charge is 0.491 e. The number of amides is 1. The van der Waals surface area contributed by atoms with Gasteiger partial charge in [-0.1, -0.05) is 6.92 Å². The van der Waals surface area contributed by atoms with E-state index >= 15 is 0 Å². The van der Waals surface area contributed by atoms with Crippen LogP contribution in [0, 0.1) is 0 Å². The van der Waals surface area contributed by atoms with E-state index in [1.54, 1.807) is 36.4 Å². The van der Waals surface area contributed by atoms with Gasteiger partial charge in [0.25, 0.3) is 5.91 Å². The molecule has 27 heavy (non-hydrogen) atoms. The summed E-state index contributed by atoms with van der Waals surface area (Å²) in [6, 6.07) is 12.8. The zero-order valence-corrected chi connectivity index (χ0v) is 16.8. The number of ether oxygens (including phenoxy) is 1. The van der Waals surface area contributed by atoms with Gasteiger partial charge in [0.1, 0.15) is 5.75 Å². The third-order valence-electron chi connectivity index (χ3n) is 3.88. The average molecular weight is 391 g/mol. The Kier molecular flexibility index (Phi) is 6.98. The van der Waals surface area contributed by atoms with Crippen LogP contribution in [0.5, 0.6) is 5.75 Å². The number of hydrogen-bond acceptors (Lipinski definition) is 4. The predicted molar refractivity (Wildman–Crippen MR) is 107 cm³/mol. The summed E-state index contributed by atoms with van der Waals surface area (Å²) >= 11 is 0. The van der Waals surface area contributed by atoms with Crippen LogP contribution in [-0.4, -0.2) is 26.5 Å². The molecule has 0 spiro atoms. The molecule has 0 fully saturated rings. The predicted octanol–water partition coefficient (Wildman–Crippen LogP) is 3.80. The summed E-state index contributed by atoms with van der Waals surface area (Å²) in [6.07, 6.45) is 0.767. The maximum absolute atomic E-state index is 12.3. The number of hydrogen-bond donors (Lipinski definition) is 2. The lowest BCUT2D eigenvalue weighted by atomic mass is 10.2. The number of carbonyl (C=O) groups is 1. The van der Waals surface area contributed by atoms with Crippen LogP contribution in [0.4, 0.5) is 5.69 Å². The lowest BCUT2D eigenvalue weighted by molar-refractivity contribution is 0.102. The van der Waals surface area contributed by atoms with Crippen molar-refractivity contribution in [3.63, 3.8) is 0 Å². The summed E-state index contributed by atoms with van der Waals surface area (Å²) in [5.74, 6) is 0.421. The number of anilines is 1. The molecule has 0 radical (unpaired) electrons. The molecular formula is C20H26N2O4S. The molecule has 2 N–H and O–H groups in total. The van der Waals surface area contributed by atoms with Crippen molar-refractivity contribution >= 4 is 21.6 Å². The molecule has 2 aromatic carbocycles. The van der Waals surface area contributed by atoms with E-state index in [2.05, 4.69) is 10.0 Å². The van der Waals surface area contributed by atoms with E-state index in [-0.39, 0.29) is 22.9 Å². The first-order valence-electron chi connectivity index (χ1n) is 8.91. The van der Waals surface area contributed by atoms with Crippen molar-refractivity contribution in [2.24, 2.45) is 0 Å². The molecule has 2 rings (SSSR count). The molecule has 0 aliphatic heterocycles. The molecule has 146 valence electrons. The highest BCUT2D eigenvalue weighted by Crippen LogP contribution is 2.17. The molecule has 0 saturated carbocycles. The zero-order chi connectivity index (χ0) is 20.0. The standard InChI is InChI=1S/C20H26N2O4S/c1-5-15(4)22-27(24,25)19-12-8-17(9-13-19)21-20(23)16-6-10-18(11-7-16)26-14(2)3/h6-15,22H,5H2,1-4H3,(H,21,23)/t15-/m1/s1. The molecule has 0 bridgehead atoms. The van der Waals surface area contributed by atoms with Crippen molar-refractivity contribution in [1.29, 1.82) is 0 Å². The normalized spacial score (nSPS) is 12.6. The third kappa shape index (κ3) is 6.08. The van der Waals surface area contributed by atoms with Crippen LogP contribution in [0.1, 0.15) is 44.5 Å². The van der Waals surface area contributed by atoms with E-state index in [4.69, 9.17) is 4.74 Å². The van der Waals surface area contributed by atoms with Gasteiger partial charge in [-0.2, -0.15) is 0 Å². The number of sulfonamides is 1. The maximum atomic E-state index is 12.3. The second-order valence-electron chi connectivity index (χ2n) is 6.60. The van der Waals surface area contributed by atoms with Crippen molar-refractivity contribution in [3.05, 3.63) is 54.1 Å². The van der Waals surface area contributed by atoms with Crippen LogP contribution in [0.3, 0.4) is 0 Å². The molecule has 2 aromatic rings. The van der Waals surface area contributed by atoms with E-state index < -0.39 is 10.0 Å². The van der Waals surface area contributed by atoms with Gasteiger partial charge in [-0.3, -0.25) is 4.79 Å². The lowest BCUT2D eigenvalue weighted by Crippen LogP contribution is -2.31. The first-order chi connectivity index (χ1) is 12.7. The number of nitrogens with one attached hydrogen (secondary N) is 2. The molecule has 0 aromatic heterocycles. The highest BCUT2D eigenvalue weighted by molar-refractivity contribution is 7.89. The van der Waals surface area contributed by atoms with Crippen molar-refractivity contribution in [3.8, 4) is 5.75 Å². The second kappa shape index (κ2) is 9.01. The van der Waals surface area contributed by atoms with Crippen molar-refractivity contribution in [2.75, 3.05) is 5.32 Å².